The maximum Gasteiger partial charge on any atom is 0.255 e. The van der Waals surface area contributed by atoms with Crippen LogP contribution in [0.25, 0.3) is 0 Å². The van der Waals surface area contributed by atoms with Crippen LogP contribution in [0.1, 0.15) is 62.7 Å². The van der Waals surface area contributed by atoms with Crippen LogP contribution >= 0.6 is 23.2 Å². The van der Waals surface area contributed by atoms with Crippen molar-refractivity contribution < 1.29 is 9.59 Å². The molecule has 2 atom stereocenters. The van der Waals surface area contributed by atoms with Gasteiger partial charge >= 0.3 is 0 Å². The van der Waals surface area contributed by atoms with Crippen LogP contribution in [0, 0.1) is 5.92 Å². The van der Waals surface area contributed by atoms with Crippen LogP contribution in [0.4, 0.5) is 0 Å². The van der Waals surface area contributed by atoms with Gasteiger partial charge in [0.1, 0.15) is 0 Å². The van der Waals surface area contributed by atoms with E-state index in [1.165, 1.54) is 12.8 Å². The van der Waals surface area contributed by atoms with E-state index in [1.54, 1.807) is 24.3 Å². The first-order valence-electron chi connectivity index (χ1n) is 12.0. The van der Waals surface area contributed by atoms with Gasteiger partial charge in [0.05, 0.1) is 10.7 Å². The van der Waals surface area contributed by atoms with Crippen molar-refractivity contribution in [1.29, 1.82) is 0 Å². The second-order valence-corrected chi connectivity index (χ2v) is 10.5. The van der Waals surface area contributed by atoms with Gasteiger partial charge in [-0.05, 0) is 63.3 Å². The summed E-state index contributed by atoms with van der Waals surface area (Å²) in [6.07, 6.45) is 8.12. The van der Waals surface area contributed by atoms with E-state index in [2.05, 4.69) is 29.0 Å². The quantitative estimate of drug-likeness (QED) is 0.606. The van der Waals surface area contributed by atoms with Gasteiger partial charge in [-0.1, -0.05) is 48.2 Å². The van der Waals surface area contributed by atoms with Crippen molar-refractivity contribution in [3.8, 4) is 0 Å². The highest BCUT2D eigenvalue weighted by Crippen LogP contribution is 2.31. The highest BCUT2D eigenvalue weighted by Gasteiger charge is 2.37. The topological polar surface area (TPSA) is 52.7 Å². The molecule has 0 bridgehead atoms. The molecule has 2 amide bonds. The van der Waals surface area contributed by atoms with Crippen molar-refractivity contribution in [2.75, 3.05) is 19.6 Å². The second-order valence-electron chi connectivity index (χ2n) is 9.66. The fourth-order valence-electron chi connectivity index (χ4n) is 5.51. The molecule has 1 N–H and O–H groups in total. The Labute approximate surface area is 206 Å². The van der Waals surface area contributed by atoms with Crippen LogP contribution in [0.5, 0.6) is 0 Å². The minimum Gasteiger partial charge on any atom is -0.334 e. The Hall–Kier alpha value is -1.82. The first-order chi connectivity index (χ1) is 15.8. The van der Waals surface area contributed by atoms with Gasteiger partial charge in [-0.2, -0.15) is 0 Å². The minimum absolute atomic E-state index is 0.183. The zero-order valence-corrected chi connectivity index (χ0v) is 21.0. The van der Waals surface area contributed by atoms with Crippen molar-refractivity contribution >= 4 is 35.0 Å². The van der Waals surface area contributed by atoms with Gasteiger partial charge in [0.25, 0.3) is 5.91 Å². The number of amides is 2. The van der Waals surface area contributed by atoms with E-state index in [0.717, 1.165) is 50.9 Å². The monoisotopic (exact) mass is 489 g/mol. The molecule has 3 aliphatic rings. The molecule has 1 aliphatic heterocycles. The van der Waals surface area contributed by atoms with Gasteiger partial charge < -0.3 is 10.2 Å². The molecule has 33 heavy (non-hydrogen) atoms. The van der Waals surface area contributed by atoms with Crippen molar-refractivity contribution in [2.45, 2.75) is 64.5 Å². The number of benzene rings is 1. The van der Waals surface area contributed by atoms with Crippen molar-refractivity contribution in [2.24, 2.45) is 5.92 Å². The van der Waals surface area contributed by atoms with E-state index in [-0.39, 0.29) is 23.9 Å². The zero-order chi connectivity index (χ0) is 23.5. The van der Waals surface area contributed by atoms with Crippen molar-refractivity contribution in [3.63, 3.8) is 0 Å². The summed E-state index contributed by atoms with van der Waals surface area (Å²) >= 11 is 12.8. The van der Waals surface area contributed by atoms with E-state index in [9.17, 15) is 9.59 Å². The van der Waals surface area contributed by atoms with E-state index in [0.29, 0.717) is 27.2 Å². The summed E-state index contributed by atoms with van der Waals surface area (Å²) < 4.78 is 0. The fraction of sp³-hybridized carbons (Fsp3) is 0.538. The fourth-order valence-corrected chi connectivity index (χ4v) is 5.98. The van der Waals surface area contributed by atoms with E-state index >= 15 is 0 Å². The molecule has 2 fully saturated rings. The van der Waals surface area contributed by atoms with Crippen LogP contribution in [0.15, 0.2) is 46.6 Å². The summed E-state index contributed by atoms with van der Waals surface area (Å²) in [6.45, 7) is 6.74. The van der Waals surface area contributed by atoms with Gasteiger partial charge in [-0.25, -0.2) is 0 Å². The number of carbonyl (C=O) groups is 2. The van der Waals surface area contributed by atoms with Gasteiger partial charge in [-0.15, -0.1) is 0 Å². The molecule has 2 aliphatic carbocycles. The average Bonchev–Trinajstić information content (AvgIpc) is 3.31. The number of allylic oxidation sites excluding steroid dienone is 2. The third-order valence-electron chi connectivity index (χ3n) is 7.04. The number of carbonyl (C=O) groups excluding carboxylic acids is 2. The van der Waals surface area contributed by atoms with Gasteiger partial charge in [-0.3, -0.25) is 14.5 Å². The molecule has 1 aromatic carbocycles. The Morgan fingerprint density at radius 2 is 1.79 bits per heavy atom. The number of rotatable bonds is 5. The molecule has 7 heteroatoms. The van der Waals surface area contributed by atoms with Crippen LogP contribution in [-0.2, 0) is 4.79 Å². The summed E-state index contributed by atoms with van der Waals surface area (Å²) in [6, 6.07) is 7.25. The zero-order valence-electron chi connectivity index (χ0n) is 19.4. The Morgan fingerprint density at radius 1 is 1.09 bits per heavy atom. The number of nitrogens with zero attached hydrogens (tertiary/aromatic N) is 2. The smallest absolute Gasteiger partial charge is 0.255 e. The largest absolute Gasteiger partial charge is 0.334 e. The summed E-state index contributed by atoms with van der Waals surface area (Å²) in [5, 5.41) is 4.10. The molecule has 0 spiro atoms. The SMILES string of the molecule is C[C@@H]1CN(CC2=C(Cl)C(NC(=O)c3cccc(Cl)c3)=CCC2)C[C@H](C)N1C(=O)C1CCCC1. The molecule has 1 saturated heterocycles. The molecule has 1 aromatic rings. The summed E-state index contributed by atoms with van der Waals surface area (Å²) in [5.41, 5.74) is 2.31. The highest BCUT2D eigenvalue weighted by molar-refractivity contribution is 6.33. The maximum absolute atomic E-state index is 13.1. The van der Waals surface area contributed by atoms with Crippen LogP contribution in [-0.4, -0.2) is 53.3 Å². The van der Waals surface area contributed by atoms with Gasteiger partial charge in [0, 0.05) is 48.2 Å². The predicted octanol–water partition coefficient (Wildman–Crippen LogP) is 5.35. The van der Waals surface area contributed by atoms with Crippen molar-refractivity contribution in [3.05, 3.63) is 57.2 Å². The molecular formula is C26H33Cl2N3O2. The lowest BCUT2D eigenvalue weighted by Gasteiger charge is -2.46. The standard InChI is InChI=1S/C26H33Cl2N3O2/c1-17-14-30(15-18(2)31(17)26(33)19-7-3-4-8-19)16-21-10-6-12-23(24(21)28)29-25(32)20-9-5-11-22(27)13-20/h5,9,11-13,17-19H,3-4,6-8,10,14-16H2,1-2H3,(H,29,32)/t17-,18+. The van der Waals surface area contributed by atoms with E-state index in [4.69, 9.17) is 23.2 Å². The lowest BCUT2D eigenvalue weighted by Crippen LogP contribution is -2.59. The van der Waals surface area contributed by atoms with Crippen LogP contribution in [0.2, 0.25) is 5.02 Å². The van der Waals surface area contributed by atoms with Crippen molar-refractivity contribution in [1.82, 2.24) is 15.1 Å². The molecule has 5 nitrogen and oxygen atoms in total. The maximum atomic E-state index is 13.1. The second kappa shape index (κ2) is 10.6. The molecule has 0 aromatic heterocycles. The predicted molar refractivity (Wildman–Crippen MR) is 133 cm³/mol. The number of nitrogens with one attached hydrogen (secondary N) is 1. The van der Waals surface area contributed by atoms with Gasteiger partial charge in [0.15, 0.2) is 0 Å². The summed E-state index contributed by atoms with van der Waals surface area (Å²) in [7, 11) is 0. The van der Waals surface area contributed by atoms with E-state index in [1.807, 2.05) is 6.08 Å². The Balaban J connectivity index is 1.39. The third kappa shape index (κ3) is 5.64. The summed E-state index contributed by atoms with van der Waals surface area (Å²) in [4.78, 5) is 30.3. The number of halogens is 2. The first kappa shape index (κ1) is 24.3. The number of hydrogen-bond acceptors (Lipinski definition) is 3. The molecule has 178 valence electrons. The first-order valence-corrected chi connectivity index (χ1v) is 12.8. The van der Waals surface area contributed by atoms with Crippen LogP contribution in [0.3, 0.4) is 0 Å². The normalized spacial score (nSPS) is 24.7. The summed E-state index contributed by atoms with van der Waals surface area (Å²) in [5.74, 6) is 0.341. The lowest BCUT2D eigenvalue weighted by molar-refractivity contribution is -0.143. The Morgan fingerprint density at radius 3 is 2.45 bits per heavy atom. The Bertz CT molecular complexity index is 956. The van der Waals surface area contributed by atoms with E-state index < -0.39 is 0 Å². The average molecular weight is 490 g/mol. The Kier molecular flexibility index (Phi) is 7.83. The molecule has 1 heterocycles. The lowest BCUT2D eigenvalue weighted by atomic mass is 9.98. The minimum atomic E-state index is -0.218. The van der Waals surface area contributed by atoms with Crippen LogP contribution < -0.4 is 5.32 Å². The number of piperazine rings is 1. The van der Waals surface area contributed by atoms with Gasteiger partial charge in [0.2, 0.25) is 5.91 Å². The third-order valence-corrected chi connectivity index (χ3v) is 7.75. The molecule has 0 unspecified atom stereocenters. The molecular weight excluding hydrogens is 457 g/mol. The number of hydrogen-bond donors (Lipinski definition) is 1. The molecule has 0 radical (unpaired) electrons. The highest BCUT2D eigenvalue weighted by atomic mass is 35.5. The molecule has 1 saturated carbocycles. The molecule has 4 rings (SSSR count).